The quantitative estimate of drug-likeness (QED) is 0.175. The van der Waals surface area contributed by atoms with Gasteiger partial charge < -0.3 is 19.5 Å². The van der Waals surface area contributed by atoms with Crippen molar-refractivity contribution in [2.45, 2.75) is 27.6 Å². The lowest BCUT2D eigenvalue weighted by molar-refractivity contribution is -0.194. The summed E-state index contributed by atoms with van der Waals surface area (Å²) in [5.74, 6) is -1.88. The Morgan fingerprint density at radius 1 is 1.13 bits per heavy atom. The number of hydrogen-bond acceptors (Lipinski definition) is 7. The molecule has 2 unspecified atom stereocenters. The van der Waals surface area contributed by atoms with Crippen molar-refractivity contribution in [1.82, 2.24) is 10.2 Å². The fourth-order valence-corrected chi connectivity index (χ4v) is 6.14. The number of carbonyl (C=O) groups excluding carboxylic acids is 3. The highest BCUT2D eigenvalue weighted by Gasteiger charge is 2.67. The van der Waals surface area contributed by atoms with E-state index in [9.17, 15) is 14.4 Å². The summed E-state index contributed by atoms with van der Waals surface area (Å²) in [5.41, 5.74) is 0.110. The number of β-lactam (4-membered cyclic amide) rings is 1. The normalized spacial score (nSPS) is 21.6. The molecule has 1 saturated heterocycles. The molecule has 2 amide bonds. The number of methoxy groups -OCH3 is 1. The molecule has 0 radical (unpaired) electrons. The van der Waals surface area contributed by atoms with E-state index >= 15 is 0 Å². The minimum atomic E-state index is -1.84. The topological polar surface area (TPSA) is 94.2 Å². The van der Waals surface area contributed by atoms with Gasteiger partial charge in [0, 0.05) is 18.7 Å². The number of rotatable bonds is 10. The first kappa shape index (κ1) is 30.0. The zero-order valence-electron chi connectivity index (χ0n) is 20.6. The Labute approximate surface area is 249 Å². The van der Waals surface area contributed by atoms with E-state index in [0.717, 1.165) is 5.56 Å². The third-order valence-corrected chi connectivity index (χ3v) is 8.09. The summed E-state index contributed by atoms with van der Waals surface area (Å²) < 4.78 is 14.9. The average Bonchev–Trinajstić information content (AvgIpc) is 2.94. The highest BCUT2D eigenvalue weighted by molar-refractivity contribution is 8.00. The van der Waals surface area contributed by atoms with Crippen LogP contribution in [0.5, 0.6) is 0 Å². The number of hydrogen-bond donors (Lipinski definition) is 1. The van der Waals surface area contributed by atoms with Crippen LogP contribution in [-0.4, -0.2) is 62.9 Å². The summed E-state index contributed by atoms with van der Waals surface area (Å²) in [5, 5.41) is 1.96. The Morgan fingerprint density at radius 3 is 2.36 bits per heavy atom. The zero-order chi connectivity index (χ0) is 28.2. The zero-order valence-corrected chi connectivity index (χ0v) is 24.4. The Balaban J connectivity index is 1.57. The van der Waals surface area contributed by atoms with Crippen molar-refractivity contribution in [2.75, 3.05) is 25.3 Å². The summed E-state index contributed by atoms with van der Waals surface area (Å²) in [7, 11) is 1.31. The van der Waals surface area contributed by atoms with Crippen molar-refractivity contribution in [3.8, 4) is 0 Å². The first-order valence-corrected chi connectivity index (χ1v) is 14.4. The van der Waals surface area contributed by atoms with Gasteiger partial charge in [-0.15, -0.1) is 23.4 Å². The second kappa shape index (κ2) is 12.7. The lowest BCUT2D eigenvalue weighted by Crippen LogP contribution is -2.81. The molecule has 1 fully saturated rings. The Morgan fingerprint density at radius 2 is 1.77 bits per heavy atom. The lowest BCUT2D eigenvalue weighted by Gasteiger charge is -2.56. The third kappa shape index (κ3) is 6.51. The number of carbonyl (C=O) groups is 3. The van der Waals surface area contributed by atoms with Crippen molar-refractivity contribution >= 4 is 75.9 Å². The van der Waals surface area contributed by atoms with Crippen LogP contribution in [0.25, 0.3) is 0 Å². The van der Waals surface area contributed by atoms with Gasteiger partial charge in [-0.05, 0) is 16.7 Å². The van der Waals surface area contributed by atoms with Crippen LogP contribution in [0.1, 0.15) is 17.2 Å². The molecule has 8 nitrogen and oxygen atoms in total. The molecule has 2 aliphatic heterocycles. The maximum absolute atomic E-state index is 13.6. The predicted molar refractivity (Wildman–Crippen MR) is 150 cm³/mol. The molecule has 0 spiro atoms. The van der Waals surface area contributed by atoms with Crippen molar-refractivity contribution in [1.29, 1.82) is 0 Å². The van der Waals surface area contributed by atoms with Crippen molar-refractivity contribution in [2.24, 2.45) is 0 Å². The Hall–Kier alpha value is -1.98. The molecule has 2 aliphatic rings. The van der Waals surface area contributed by atoms with Gasteiger partial charge >= 0.3 is 5.97 Å². The summed E-state index contributed by atoms with van der Waals surface area (Å²) in [4.78, 5) is 41.3. The number of alkyl halides is 4. The summed E-state index contributed by atoms with van der Waals surface area (Å²) >= 11 is 24.5. The lowest BCUT2D eigenvalue weighted by atomic mass is 9.97. The molecule has 13 heteroatoms. The first-order valence-electron chi connectivity index (χ1n) is 11.7. The van der Waals surface area contributed by atoms with Gasteiger partial charge in [0.25, 0.3) is 17.5 Å². The SMILES string of the molecule is COC1(NC(=O)C(OCc2ccccc2)c2ccccc2)C(=O)N2C(C(=O)OCC(Cl)(Cl)Cl)=C(CCl)CS[C@H]21. The van der Waals surface area contributed by atoms with E-state index < -0.39 is 45.4 Å². The van der Waals surface area contributed by atoms with Crippen LogP contribution in [0.2, 0.25) is 0 Å². The molecule has 2 heterocycles. The summed E-state index contributed by atoms with van der Waals surface area (Å²) in [6.07, 6.45) is -1.04. The molecular weight excluding hydrogens is 610 g/mol. The second-order valence-corrected chi connectivity index (χ2v) is 12.5. The monoisotopic (exact) mass is 632 g/mol. The van der Waals surface area contributed by atoms with Gasteiger partial charge in [-0.25, -0.2) is 4.79 Å². The van der Waals surface area contributed by atoms with E-state index in [1.54, 1.807) is 24.3 Å². The number of nitrogens with zero attached hydrogens (tertiary/aromatic N) is 1. The molecule has 0 bridgehead atoms. The number of halogens is 4. The average molecular weight is 634 g/mol. The van der Waals surface area contributed by atoms with Gasteiger partial charge in [-0.2, -0.15) is 0 Å². The predicted octanol–water partition coefficient (Wildman–Crippen LogP) is 4.72. The molecule has 0 saturated carbocycles. The van der Waals surface area contributed by atoms with Crippen molar-refractivity contribution in [3.63, 3.8) is 0 Å². The van der Waals surface area contributed by atoms with Gasteiger partial charge in [0.1, 0.15) is 17.7 Å². The summed E-state index contributed by atoms with van der Waals surface area (Å²) in [6, 6.07) is 18.3. The fraction of sp³-hybridized carbons (Fsp3) is 0.346. The maximum atomic E-state index is 13.6. The highest BCUT2D eigenvalue weighted by atomic mass is 35.6. The molecule has 2 aromatic rings. The van der Waals surface area contributed by atoms with Crippen LogP contribution in [0.3, 0.4) is 0 Å². The second-order valence-electron chi connectivity index (χ2n) is 8.63. The van der Waals surface area contributed by atoms with E-state index in [-0.39, 0.29) is 23.9 Å². The van der Waals surface area contributed by atoms with Gasteiger partial charge in [-0.3, -0.25) is 14.5 Å². The Kier molecular flexibility index (Phi) is 9.75. The molecule has 39 heavy (non-hydrogen) atoms. The van der Waals surface area contributed by atoms with Crippen LogP contribution in [0.15, 0.2) is 71.9 Å². The molecule has 4 rings (SSSR count). The third-order valence-electron chi connectivity index (χ3n) is 6.06. The Bertz CT molecular complexity index is 1240. The number of esters is 1. The molecule has 0 aromatic heterocycles. The molecule has 3 atom stereocenters. The maximum Gasteiger partial charge on any atom is 0.355 e. The smallest absolute Gasteiger partial charge is 0.355 e. The minimum Gasteiger partial charge on any atom is -0.456 e. The minimum absolute atomic E-state index is 0.0303. The van der Waals surface area contributed by atoms with E-state index in [1.165, 1.54) is 23.8 Å². The molecule has 208 valence electrons. The number of amides is 2. The molecular formula is C26H24Cl4N2O6S. The molecule has 1 N–H and O–H groups in total. The van der Waals surface area contributed by atoms with Crippen LogP contribution in [0.4, 0.5) is 0 Å². The van der Waals surface area contributed by atoms with Crippen LogP contribution in [0, 0.1) is 0 Å². The standard InChI is InChI=1S/C26H24Cl4N2O6S/c1-36-26(23(35)32-19(18(12-27)14-39-24(26)32)22(34)38-15-25(28,29)30)31-21(33)20(17-10-6-3-7-11-17)37-13-16-8-4-2-5-9-16/h2-11,20,24H,12-15H2,1H3,(H,31,33)/t20?,24-,26?/m0/s1. The van der Waals surface area contributed by atoms with Crippen LogP contribution >= 0.6 is 58.2 Å². The number of thioether (sulfide) groups is 1. The summed E-state index contributed by atoms with van der Waals surface area (Å²) in [6.45, 7) is -0.369. The molecule has 2 aromatic carbocycles. The number of fused-ring (bicyclic) bond motifs is 1. The van der Waals surface area contributed by atoms with E-state index in [1.807, 2.05) is 36.4 Å². The van der Waals surface area contributed by atoms with Gasteiger partial charge in [0.15, 0.2) is 6.10 Å². The number of nitrogens with one attached hydrogen (secondary N) is 1. The number of benzene rings is 2. The van der Waals surface area contributed by atoms with Crippen LogP contribution in [-0.2, 0) is 35.2 Å². The first-order chi connectivity index (χ1) is 18.6. The van der Waals surface area contributed by atoms with Crippen LogP contribution < -0.4 is 5.32 Å². The van der Waals surface area contributed by atoms with Gasteiger partial charge in [-0.1, -0.05) is 95.5 Å². The van der Waals surface area contributed by atoms with E-state index in [0.29, 0.717) is 11.1 Å². The van der Waals surface area contributed by atoms with Crippen molar-refractivity contribution < 1.29 is 28.6 Å². The highest BCUT2D eigenvalue weighted by Crippen LogP contribution is 2.47. The fourth-order valence-electron chi connectivity index (χ4n) is 4.20. The largest absolute Gasteiger partial charge is 0.456 e. The number of ether oxygens (including phenoxy) is 3. The van der Waals surface area contributed by atoms with E-state index in [4.69, 9.17) is 60.6 Å². The van der Waals surface area contributed by atoms with Gasteiger partial charge in [0.05, 0.1) is 6.61 Å². The molecule has 0 aliphatic carbocycles. The van der Waals surface area contributed by atoms with Crippen molar-refractivity contribution in [3.05, 3.63) is 83.1 Å². The van der Waals surface area contributed by atoms with E-state index in [2.05, 4.69) is 5.32 Å². The van der Waals surface area contributed by atoms with Gasteiger partial charge in [0.2, 0.25) is 3.79 Å².